The van der Waals surface area contributed by atoms with E-state index in [0.29, 0.717) is 11.7 Å². The Morgan fingerprint density at radius 2 is 1.86 bits per heavy atom. The molecule has 4 rings (SSSR count). The lowest BCUT2D eigenvalue weighted by molar-refractivity contribution is 0.0700. The summed E-state index contributed by atoms with van der Waals surface area (Å²) in [6, 6.07) is 10.3. The zero-order valence-corrected chi connectivity index (χ0v) is 17.5. The number of hydrogen-bond donors (Lipinski definition) is 1. The molecular weight excluding hydrogens is 399 g/mol. The summed E-state index contributed by atoms with van der Waals surface area (Å²) in [6.45, 7) is 3.37. The molecule has 0 spiro atoms. The van der Waals surface area contributed by atoms with Crippen LogP contribution in [0.3, 0.4) is 0 Å². The van der Waals surface area contributed by atoms with Crippen LogP contribution in [0.25, 0.3) is 16.6 Å². The molecular formula is C19H24Cl2N6O. The van der Waals surface area contributed by atoms with E-state index >= 15 is 0 Å². The molecule has 9 heteroatoms. The molecule has 3 aromatic rings. The maximum Gasteiger partial charge on any atom is 0.276 e. The van der Waals surface area contributed by atoms with Crippen LogP contribution in [0, 0.1) is 6.92 Å². The number of nitrogens with zero attached hydrogens (tertiary/aromatic N) is 5. The van der Waals surface area contributed by atoms with Gasteiger partial charge in [0.05, 0.1) is 16.9 Å². The van der Waals surface area contributed by atoms with Crippen LogP contribution < -0.4 is 5.32 Å². The van der Waals surface area contributed by atoms with Gasteiger partial charge < -0.3 is 10.2 Å². The summed E-state index contributed by atoms with van der Waals surface area (Å²) >= 11 is 0. The lowest BCUT2D eigenvalue weighted by Gasteiger charge is -2.31. The van der Waals surface area contributed by atoms with Gasteiger partial charge in [-0.2, -0.15) is 0 Å². The van der Waals surface area contributed by atoms with Crippen LogP contribution in [0.2, 0.25) is 0 Å². The van der Waals surface area contributed by atoms with Gasteiger partial charge in [-0.3, -0.25) is 9.78 Å². The number of benzene rings is 1. The topological polar surface area (TPSA) is 75.9 Å². The number of hydrogen-bond acceptors (Lipinski definition) is 5. The van der Waals surface area contributed by atoms with Gasteiger partial charge in [0, 0.05) is 30.7 Å². The number of halogens is 2. The fraction of sp³-hybridized carbons (Fsp3) is 0.368. The number of rotatable bonds is 3. The van der Waals surface area contributed by atoms with Gasteiger partial charge in [-0.05, 0) is 38.9 Å². The first kappa shape index (κ1) is 22.1. The van der Waals surface area contributed by atoms with Gasteiger partial charge >= 0.3 is 0 Å². The predicted octanol–water partition coefficient (Wildman–Crippen LogP) is 2.79. The minimum absolute atomic E-state index is 0. The molecule has 150 valence electrons. The number of pyridine rings is 1. The second-order valence-electron chi connectivity index (χ2n) is 6.64. The van der Waals surface area contributed by atoms with Crippen molar-refractivity contribution >= 4 is 41.6 Å². The third kappa shape index (κ3) is 3.97. The molecule has 7 nitrogen and oxygen atoms in total. The minimum atomic E-state index is -0.0449. The lowest BCUT2D eigenvalue weighted by atomic mass is 10.0. The van der Waals surface area contributed by atoms with Crippen molar-refractivity contribution in [2.45, 2.75) is 25.8 Å². The summed E-state index contributed by atoms with van der Waals surface area (Å²) in [7, 11) is 1.97. The quantitative estimate of drug-likeness (QED) is 0.701. The van der Waals surface area contributed by atoms with Gasteiger partial charge in [-0.25, -0.2) is 4.68 Å². The van der Waals surface area contributed by atoms with Crippen molar-refractivity contribution in [1.29, 1.82) is 0 Å². The van der Waals surface area contributed by atoms with Gasteiger partial charge in [-0.1, -0.05) is 23.4 Å². The van der Waals surface area contributed by atoms with Gasteiger partial charge in [-0.15, -0.1) is 29.9 Å². The molecule has 1 aromatic carbocycles. The van der Waals surface area contributed by atoms with Gasteiger partial charge in [0.2, 0.25) is 0 Å². The number of carbonyl (C=O) groups excluding carboxylic acids is 1. The zero-order chi connectivity index (χ0) is 18.1. The third-order valence-electron chi connectivity index (χ3n) is 5.13. The molecule has 0 radical (unpaired) electrons. The SMILES string of the molecule is CNC1CCN(C(=O)c2nnn(-c3cccc4cccnc34)c2C)CC1.Cl.Cl. The second-order valence-corrected chi connectivity index (χ2v) is 6.64. The average molecular weight is 423 g/mol. The third-order valence-corrected chi connectivity index (χ3v) is 5.13. The fourth-order valence-corrected chi connectivity index (χ4v) is 3.54. The molecule has 0 saturated carbocycles. The first-order chi connectivity index (χ1) is 12.7. The second kappa shape index (κ2) is 9.32. The van der Waals surface area contributed by atoms with Crippen molar-refractivity contribution in [2.24, 2.45) is 0 Å². The molecule has 1 saturated heterocycles. The molecule has 1 aliphatic rings. The highest BCUT2D eigenvalue weighted by Crippen LogP contribution is 2.22. The number of para-hydroxylation sites is 1. The molecule has 3 heterocycles. The maximum atomic E-state index is 12.9. The number of nitrogens with one attached hydrogen (secondary N) is 1. The van der Waals surface area contributed by atoms with Crippen LogP contribution in [-0.4, -0.2) is 57.0 Å². The summed E-state index contributed by atoms with van der Waals surface area (Å²) in [5.74, 6) is -0.0449. The zero-order valence-electron chi connectivity index (χ0n) is 15.8. The van der Waals surface area contributed by atoms with Crippen LogP contribution in [0.4, 0.5) is 0 Å². The number of amides is 1. The molecule has 0 aliphatic carbocycles. The number of aromatic nitrogens is 4. The molecule has 1 N–H and O–H groups in total. The van der Waals surface area contributed by atoms with Gasteiger partial charge in [0.25, 0.3) is 5.91 Å². The predicted molar refractivity (Wildman–Crippen MR) is 114 cm³/mol. The first-order valence-corrected chi connectivity index (χ1v) is 8.92. The molecule has 1 amide bonds. The van der Waals surface area contributed by atoms with E-state index in [4.69, 9.17) is 0 Å². The van der Waals surface area contributed by atoms with E-state index in [9.17, 15) is 4.79 Å². The van der Waals surface area contributed by atoms with Crippen molar-refractivity contribution in [3.63, 3.8) is 0 Å². The number of piperidine rings is 1. The van der Waals surface area contributed by atoms with Crippen LogP contribution in [0.15, 0.2) is 36.5 Å². The van der Waals surface area contributed by atoms with E-state index < -0.39 is 0 Å². The van der Waals surface area contributed by atoms with E-state index in [1.165, 1.54) is 0 Å². The highest BCUT2D eigenvalue weighted by Gasteiger charge is 2.27. The Morgan fingerprint density at radius 3 is 2.57 bits per heavy atom. The summed E-state index contributed by atoms with van der Waals surface area (Å²) in [5.41, 5.74) is 2.84. The fourth-order valence-electron chi connectivity index (χ4n) is 3.54. The number of likely N-dealkylation sites (tertiary alicyclic amines) is 1. The van der Waals surface area contributed by atoms with Gasteiger partial charge in [0.1, 0.15) is 0 Å². The Labute approximate surface area is 176 Å². The largest absolute Gasteiger partial charge is 0.337 e. The molecule has 28 heavy (non-hydrogen) atoms. The molecule has 0 atom stereocenters. The summed E-state index contributed by atoms with van der Waals surface area (Å²) < 4.78 is 1.71. The van der Waals surface area contributed by atoms with Crippen molar-refractivity contribution in [3.05, 3.63) is 47.9 Å². The Morgan fingerprint density at radius 1 is 1.14 bits per heavy atom. The molecule has 1 fully saturated rings. The summed E-state index contributed by atoms with van der Waals surface area (Å²) in [6.07, 6.45) is 3.68. The Kier molecular flexibility index (Phi) is 7.35. The normalized spacial score (nSPS) is 14.4. The van der Waals surface area contributed by atoms with Crippen molar-refractivity contribution in [2.75, 3.05) is 20.1 Å². The van der Waals surface area contributed by atoms with Gasteiger partial charge in [0.15, 0.2) is 5.69 Å². The highest BCUT2D eigenvalue weighted by molar-refractivity contribution is 5.94. The van der Waals surface area contributed by atoms with E-state index in [0.717, 1.165) is 48.2 Å². The Bertz CT molecular complexity index is 947. The minimum Gasteiger partial charge on any atom is -0.337 e. The maximum absolute atomic E-state index is 12.9. The van der Waals surface area contributed by atoms with Crippen molar-refractivity contribution < 1.29 is 4.79 Å². The Balaban J connectivity index is 0.00000140. The monoisotopic (exact) mass is 422 g/mol. The van der Waals surface area contributed by atoms with Crippen LogP contribution in [0.5, 0.6) is 0 Å². The molecule has 2 aromatic heterocycles. The number of carbonyl (C=O) groups is 1. The van der Waals surface area contributed by atoms with E-state index in [-0.39, 0.29) is 30.7 Å². The van der Waals surface area contributed by atoms with E-state index in [1.807, 2.05) is 49.2 Å². The van der Waals surface area contributed by atoms with Crippen LogP contribution >= 0.6 is 24.8 Å². The van der Waals surface area contributed by atoms with E-state index in [1.54, 1.807) is 10.9 Å². The Hall–Kier alpha value is -2.22. The molecule has 0 unspecified atom stereocenters. The summed E-state index contributed by atoms with van der Waals surface area (Å²) in [5, 5.41) is 12.8. The van der Waals surface area contributed by atoms with E-state index in [2.05, 4.69) is 20.6 Å². The molecule has 0 bridgehead atoms. The first-order valence-electron chi connectivity index (χ1n) is 8.92. The number of fused-ring (bicyclic) bond motifs is 1. The lowest BCUT2D eigenvalue weighted by Crippen LogP contribution is -2.44. The summed E-state index contributed by atoms with van der Waals surface area (Å²) in [4.78, 5) is 19.2. The van der Waals surface area contributed by atoms with Crippen molar-refractivity contribution in [1.82, 2.24) is 30.2 Å². The average Bonchev–Trinajstić information content (AvgIpc) is 3.08. The smallest absolute Gasteiger partial charge is 0.276 e. The van der Waals surface area contributed by atoms with Crippen LogP contribution in [-0.2, 0) is 0 Å². The molecule has 1 aliphatic heterocycles. The van der Waals surface area contributed by atoms with Crippen molar-refractivity contribution in [3.8, 4) is 5.69 Å². The standard InChI is InChI=1S/C19H22N6O.2ClH/c1-13-17(19(26)24-11-8-15(20-2)9-12-24)22-23-25(13)16-7-3-5-14-6-4-10-21-18(14)16;;/h3-7,10,15,20H,8-9,11-12H2,1-2H3;2*1H. The highest BCUT2D eigenvalue weighted by atomic mass is 35.5. The van der Waals surface area contributed by atoms with Crippen LogP contribution in [0.1, 0.15) is 29.0 Å².